The molecule has 346 valence electrons. The molecule has 0 amide bonds. The van der Waals surface area contributed by atoms with Crippen molar-refractivity contribution in [2.24, 2.45) is 0 Å². The summed E-state index contributed by atoms with van der Waals surface area (Å²) in [5.41, 5.74) is 25.1. The Kier molecular flexibility index (Phi) is 9.48. The molecule has 0 spiro atoms. The smallest absolute Gasteiger partial charge is 0.297 e. The van der Waals surface area contributed by atoms with Gasteiger partial charge in [-0.2, -0.15) is 0 Å². The number of hydrogen-bond donors (Lipinski definition) is 0. The lowest BCUT2D eigenvalue weighted by Gasteiger charge is -2.47. The molecular formula is C65H67BN2O. The molecule has 0 atom stereocenters. The molecule has 1 aromatic heterocycles. The van der Waals surface area contributed by atoms with Crippen LogP contribution in [0.3, 0.4) is 0 Å². The molecule has 4 aliphatic rings. The van der Waals surface area contributed by atoms with Gasteiger partial charge in [-0.05, 0) is 187 Å². The number of aryl methyl sites for hydroxylation is 1. The van der Waals surface area contributed by atoms with E-state index in [1.165, 1.54) is 102 Å². The van der Waals surface area contributed by atoms with Gasteiger partial charge in [-0.25, -0.2) is 0 Å². The topological polar surface area (TPSA) is 19.6 Å². The van der Waals surface area contributed by atoms with Crippen LogP contribution in [-0.2, 0) is 27.1 Å². The van der Waals surface area contributed by atoms with Crippen molar-refractivity contribution >= 4 is 68.4 Å². The zero-order valence-corrected chi connectivity index (χ0v) is 43.0. The van der Waals surface area contributed by atoms with Crippen molar-refractivity contribution in [3.8, 4) is 22.3 Å². The summed E-state index contributed by atoms with van der Waals surface area (Å²) in [5.74, 6) is 0. The second kappa shape index (κ2) is 14.9. The first-order valence-electron chi connectivity index (χ1n) is 25.6. The standard InChI is InChI=1S/C65H67BN2O/c1-40-31-55-58-56(32-40)68(47-34-43(41-19-15-13-16-20-41)33-44(35-47)42-21-17-14-18-22-42)59-48-36-45(61(2,3)4)23-26-57(48)69-60(59)66(58)53-38-51-52(65(11,12)30-29-64(51,9)10)39-54(53)67(55)46-24-25-49-50(37-46)63(7,8)28-27-62(49,5)6/h13-26,31-39H,27-30H2,1-12H3. The quantitative estimate of drug-likeness (QED) is 0.164. The maximum atomic E-state index is 7.52. The molecule has 0 unspecified atom stereocenters. The summed E-state index contributed by atoms with van der Waals surface area (Å²) in [5, 5.41) is 1.15. The van der Waals surface area contributed by atoms with Crippen molar-refractivity contribution in [3.05, 3.63) is 173 Å². The van der Waals surface area contributed by atoms with Crippen molar-refractivity contribution in [1.82, 2.24) is 0 Å². The second-order valence-corrected chi connectivity index (χ2v) is 24.8. The molecule has 0 N–H and O–H groups in total. The highest BCUT2D eigenvalue weighted by Gasteiger charge is 2.49. The van der Waals surface area contributed by atoms with Gasteiger partial charge in [0.25, 0.3) is 6.71 Å². The molecule has 3 nitrogen and oxygen atoms in total. The summed E-state index contributed by atoms with van der Waals surface area (Å²) in [7, 11) is 0. The van der Waals surface area contributed by atoms with Crippen LogP contribution in [0.25, 0.3) is 33.2 Å². The van der Waals surface area contributed by atoms with Crippen LogP contribution in [-0.4, -0.2) is 6.71 Å². The highest BCUT2D eigenvalue weighted by molar-refractivity contribution is 7.00. The molecule has 8 aromatic rings. The molecule has 4 heteroatoms. The lowest BCUT2D eigenvalue weighted by atomic mass is 9.35. The van der Waals surface area contributed by atoms with Crippen LogP contribution in [0.5, 0.6) is 0 Å². The summed E-state index contributed by atoms with van der Waals surface area (Å²) in [6.45, 7) is 28.8. The molecule has 0 radical (unpaired) electrons. The average molecular weight is 903 g/mol. The normalized spacial score (nSPS) is 18.0. The zero-order valence-electron chi connectivity index (χ0n) is 43.0. The first-order chi connectivity index (χ1) is 32.7. The summed E-state index contributed by atoms with van der Waals surface area (Å²) in [6.07, 6.45) is 4.66. The van der Waals surface area contributed by atoms with Gasteiger partial charge in [0.1, 0.15) is 5.58 Å². The molecule has 0 saturated heterocycles. The van der Waals surface area contributed by atoms with E-state index in [0.717, 1.165) is 40.8 Å². The predicted molar refractivity (Wildman–Crippen MR) is 295 cm³/mol. The van der Waals surface area contributed by atoms with Gasteiger partial charge in [0, 0.05) is 33.8 Å². The van der Waals surface area contributed by atoms with E-state index in [1.54, 1.807) is 0 Å². The summed E-state index contributed by atoms with van der Waals surface area (Å²) >= 11 is 0. The van der Waals surface area contributed by atoms with Crippen molar-refractivity contribution in [1.29, 1.82) is 0 Å². The van der Waals surface area contributed by atoms with E-state index in [4.69, 9.17) is 4.42 Å². The molecule has 2 aliphatic carbocycles. The van der Waals surface area contributed by atoms with Crippen LogP contribution >= 0.6 is 0 Å². The number of anilines is 6. The Morgan fingerprint density at radius 2 is 1.01 bits per heavy atom. The van der Waals surface area contributed by atoms with Gasteiger partial charge < -0.3 is 14.2 Å². The lowest BCUT2D eigenvalue weighted by Crippen LogP contribution is -2.61. The molecule has 7 aromatic carbocycles. The van der Waals surface area contributed by atoms with Crippen LogP contribution < -0.4 is 26.4 Å². The fourth-order valence-electron chi connectivity index (χ4n) is 12.7. The minimum absolute atomic E-state index is 0.0211. The number of rotatable bonds is 4. The van der Waals surface area contributed by atoms with Crippen LogP contribution in [0, 0.1) is 6.92 Å². The Hall–Kier alpha value is -6.26. The predicted octanol–water partition coefficient (Wildman–Crippen LogP) is 16.2. The summed E-state index contributed by atoms with van der Waals surface area (Å²) < 4.78 is 7.52. The van der Waals surface area contributed by atoms with Gasteiger partial charge in [0.15, 0.2) is 0 Å². The van der Waals surface area contributed by atoms with E-state index in [2.05, 4.69) is 232 Å². The molecule has 12 rings (SSSR count). The lowest BCUT2D eigenvalue weighted by molar-refractivity contribution is 0.332. The van der Waals surface area contributed by atoms with Gasteiger partial charge in [-0.3, -0.25) is 0 Å². The van der Waals surface area contributed by atoms with E-state index in [-0.39, 0.29) is 33.8 Å². The van der Waals surface area contributed by atoms with Crippen LogP contribution in [0.2, 0.25) is 0 Å². The van der Waals surface area contributed by atoms with Gasteiger partial charge in [-0.1, -0.05) is 155 Å². The Morgan fingerprint density at radius 3 is 1.59 bits per heavy atom. The third kappa shape index (κ3) is 6.82. The van der Waals surface area contributed by atoms with Gasteiger partial charge in [0.05, 0.1) is 11.3 Å². The molecular weight excluding hydrogens is 836 g/mol. The second-order valence-electron chi connectivity index (χ2n) is 24.8. The van der Waals surface area contributed by atoms with Crippen molar-refractivity contribution < 1.29 is 4.42 Å². The largest absolute Gasteiger partial charge is 0.468 e. The van der Waals surface area contributed by atoms with Crippen molar-refractivity contribution in [3.63, 3.8) is 0 Å². The monoisotopic (exact) mass is 903 g/mol. The fourth-order valence-corrected chi connectivity index (χ4v) is 12.7. The summed E-state index contributed by atoms with van der Waals surface area (Å²) in [4.78, 5) is 5.24. The zero-order chi connectivity index (χ0) is 48.2. The Balaban J connectivity index is 1.21. The van der Waals surface area contributed by atoms with E-state index in [1.807, 2.05) is 0 Å². The number of benzene rings is 7. The average Bonchev–Trinajstić information content (AvgIpc) is 3.70. The Bertz CT molecular complexity index is 3340. The Labute approximate surface area is 411 Å². The van der Waals surface area contributed by atoms with Crippen LogP contribution in [0.15, 0.2) is 144 Å². The minimum Gasteiger partial charge on any atom is -0.468 e. The number of fused-ring (bicyclic) bond motifs is 8. The Morgan fingerprint density at radius 1 is 0.478 bits per heavy atom. The van der Waals surface area contributed by atoms with E-state index in [0.29, 0.717) is 0 Å². The molecule has 69 heavy (non-hydrogen) atoms. The third-order valence-electron chi connectivity index (χ3n) is 17.1. The van der Waals surface area contributed by atoms with E-state index in [9.17, 15) is 0 Å². The van der Waals surface area contributed by atoms with Crippen molar-refractivity contribution in [2.45, 2.75) is 136 Å². The number of hydrogen-bond acceptors (Lipinski definition) is 3. The van der Waals surface area contributed by atoms with Gasteiger partial charge in [0.2, 0.25) is 0 Å². The molecule has 3 heterocycles. The third-order valence-corrected chi connectivity index (χ3v) is 17.1. The van der Waals surface area contributed by atoms with Crippen LogP contribution in [0.4, 0.5) is 34.1 Å². The highest BCUT2D eigenvalue weighted by Crippen LogP contribution is 2.54. The molecule has 0 bridgehead atoms. The number of furan rings is 1. The number of nitrogens with zero attached hydrogens (tertiary/aromatic N) is 2. The van der Waals surface area contributed by atoms with Crippen LogP contribution in [0.1, 0.15) is 135 Å². The van der Waals surface area contributed by atoms with Crippen molar-refractivity contribution in [2.75, 3.05) is 9.80 Å². The first-order valence-corrected chi connectivity index (χ1v) is 25.6. The fraction of sp³-hybridized carbons (Fsp3) is 0.323. The van der Waals surface area contributed by atoms with E-state index < -0.39 is 0 Å². The molecule has 2 aliphatic heterocycles. The van der Waals surface area contributed by atoms with Gasteiger partial charge in [-0.15, -0.1) is 0 Å². The molecule has 0 fully saturated rings. The SMILES string of the molecule is Cc1cc2c3c(c1)N(c1cc(-c4ccccc4)cc(-c4ccccc4)c1)c1c(oc4ccc(C(C)(C)C)cc14)B3c1cc3c(cc1N2c1ccc2c(c1)C(C)(C)CCC2(C)C)C(C)(C)CCC3(C)C. The molecule has 0 saturated carbocycles. The maximum Gasteiger partial charge on any atom is 0.297 e. The highest BCUT2D eigenvalue weighted by atomic mass is 16.3. The minimum atomic E-state index is -0.136. The first kappa shape index (κ1) is 44.0. The van der Waals surface area contributed by atoms with Gasteiger partial charge >= 0.3 is 0 Å². The van der Waals surface area contributed by atoms with E-state index >= 15 is 0 Å². The maximum absolute atomic E-state index is 7.52. The summed E-state index contributed by atoms with van der Waals surface area (Å²) in [6, 6.07) is 53.6.